The average Bonchev–Trinajstić information content (AvgIpc) is 2.27. The van der Waals surface area contributed by atoms with E-state index in [9.17, 15) is 13.6 Å². The fourth-order valence-corrected chi connectivity index (χ4v) is 1.66. The smallest absolute Gasteiger partial charge is 0.330 e. The molecule has 98 valence electrons. The average molecular weight is 321 g/mol. The van der Waals surface area contributed by atoms with Crippen LogP contribution in [0.3, 0.4) is 0 Å². The number of hydrogen-bond acceptors (Lipinski definition) is 3. The fourth-order valence-electron chi connectivity index (χ4n) is 1.13. The maximum absolute atomic E-state index is 13.3. The van der Waals surface area contributed by atoms with Crippen molar-refractivity contribution in [3.63, 3.8) is 0 Å². The van der Waals surface area contributed by atoms with Gasteiger partial charge in [-0.05, 0) is 35.0 Å². The van der Waals surface area contributed by atoms with Crippen LogP contribution < -0.4 is 4.74 Å². The lowest BCUT2D eigenvalue weighted by Crippen LogP contribution is -2.02. The minimum absolute atomic E-state index is 0.0278. The number of rotatable bonds is 5. The van der Waals surface area contributed by atoms with Crippen molar-refractivity contribution >= 4 is 21.9 Å². The van der Waals surface area contributed by atoms with Crippen LogP contribution in [0.15, 0.2) is 28.8 Å². The predicted molar refractivity (Wildman–Crippen MR) is 65.3 cm³/mol. The van der Waals surface area contributed by atoms with E-state index in [0.29, 0.717) is 0 Å². The van der Waals surface area contributed by atoms with E-state index in [1.54, 1.807) is 6.92 Å². The Morgan fingerprint density at radius 1 is 1.44 bits per heavy atom. The van der Waals surface area contributed by atoms with Crippen LogP contribution in [0.5, 0.6) is 5.75 Å². The largest absolute Gasteiger partial charge is 0.485 e. The first-order valence-electron chi connectivity index (χ1n) is 5.15. The number of benzene rings is 1. The highest BCUT2D eigenvalue weighted by molar-refractivity contribution is 9.10. The van der Waals surface area contributed by atoms with Gasteiger partial charge < -0.3 is 9.47 Å². The second kappa shape index (κ2) is 7.10. The quantitative estimate of drug-likeness (QED) is 0.617. The molecule has 0 radical (unpaired) electrons. The van der Waals surface area contributed by atoms with Crippen molar-refractivity contribution < 1.29 is 23.0 Å². The molecular formula is C12H11BrF2O3. The summed E-state index contributed by atoms with van der Waals surface area (Å²) in [6, 6.07) is 1.81. The summed E-state index contributed by atoms with van der Waals surface area (Å²) in [7, 11) is 0. The highest BCUT2D eigenvalue weighted by Crippen LogP contribution is 2.29. The number of carbonyl (C=O) groups is 1. The van der Waals surface area contributed by atoms with Crippen LogP contribution in [0.1, 0.15) is 6.92 Å². The molecule has 0 aromatic heterocycles. The SMILES string of the molecule is CCOC(=O)/C=C/COc1c(F)cc(F)cc1Br. The summed E-state index contributed by atoms with van der Waals surface area (Å²) in [5.74, 6) is -2.12. The van der Waals surface area contributed by atoms with Gasteiger partial charge in [0.05, 0.1) is 11.1 Å². The van der Waals surface area contributed by atoms with Crippen LogP contribution in [0.4, 0.5) is 8.78 Å². The number of ether oxygens (including phenoxy) is 2. The summed E-state index contributed by atoms with van der Waals surface area (Å²) in [5.41, 5.74) is 0. The molecule has 3 nitrogen and oxygen atoms in total. The Morgan fingerprint density at radius 2 is 2.17 bits per heavy atom. The van der Waals surface area contributed by atoms with Gasteiger partial charge in [-0.3, -0.25) is 0 Å². The number of hydrogen-bond donors (Lipinski definition) is 0. The Labute approximate surface area is 112 Å². The minimum Gasteiger partial charge on any atom is -0.485 e. The zero-order valence-corrected chi connectivity index (χ0v) is 11.2. The van der Waals surface area contributed by atoms with Gasteiger partial charge in [0.25, 0.3) is 0 Å². The van der Waals surface area contributed by atoms with Gasteiger partial charge >= 0.3 is 5.97 Å². The van der Waals surface area contributed by atoms with Crippen molar-refractivity contribution in [2.45, 2.75) is 6.92 Å². The molecule has 0 spiro atoms. The second-order valence-electron chi connectivity index (χ2n) is 3.16. The van der Waals surface area contributed by atoms with E-state index in [1.807, 2.05) is 0 Å². The van der Waals surface area contributed by atoms with Crippen LogP contribution in [0.2, 0.25) is 0 Å². The molecule has 6 heteroatoms. The van der Waals surface area contributed by atoms with Crippen LogP contribution in [-0.4, -0.2) is 19.2 Å². The van der Waals surface area contributed by atoms with Crippen molar-refractivity contribution in [1.29, 1.82) is 0 Å². The van der Waals surface area contributed by atoms with Gasteiger partial charge in [-0.25, -0.2) is 13.6 Å². The molecule has 0 aliphatic carbocycles. The summed E-state index contributed by atoms with van der Waals surface area (Å²) >= 11 is 2.98. The maximum atomic E-state index is 13.3. The van der Waals surface area contributed by atoms with E-state index in [-0.39, 0.29) is 23.4 Å². The molecule has 0 unspecified atom stereocenters. The molecule has 1 rings (SSSR count). The van der Waals surface area contributed by atoms with Crippen molar-refractivity contribution in [3.8, 4) is 5.75 Å². The van der Waals surface area contributed by atoms with E-state index in [2.05, 4.69) is 20.7 Å². The molecule has 1 aromatic rings. The Kier molecular flexibility index (Phi) is 5.77. The molecule has 0 aliphatic rings. The molecule has 0 atom stereocenters. The number of halogens is 3. The Balaban J connectivity index is 2.57. The predicted octanol–water partition coefficient (Wildman–Crippen LogP) is 3.23. The first-order valence-corrected chi connectivity index (χ1v) is 5.94. The fraction of sp³-hybridized carbons (Fsp3) is 0.250. The van der Waals surface area contributed by atoms with E-state index in [4.69, 9.17) is 4.74 Å². The van der Waals surface area contributed by atoms with Crippen molar-refractivity contribution in [1.82, 2.24) is 0 Å². The standard InChI is InChI=1S/C12H11BrF2O3/c1-2-17-11(16)4-3-5-18-12-9(13)6-8(14)7-10(12)15/h3-4,6-7H,2,5H2,1H3/b4-3+. The van der Waals surface area contributed by atoms with Crippen LogP contribution in [-0.2, 0) is 9.53 Å². The first-order chi connectivity index (χ1) is 8.54. The topological polar surface area (TPSA) is 35.5 Å². The van der Waals surface area contributed by atoms with Crippen LogP contribution in [0, 0.1) is 11.6 Å². The van der Waals surface area contributed by atoms with Gasteiger partial charge in [0.15, 0.2) is 11.6 Å². The number of carbonyl (C=O) groups excluding carboxylic acids is 1. The summed E-state index contributed by atoms with van der Waals surface area (Å²) in [6.45, 7) is 1.94. The zero-order valence-electron chi connectivity index (χ0n) is 9.58. The van der Waals surface area contributed by atoms with Gasteiger partial charge in [-0.1, -0.05) is 0 Å². The highest BCUT2D eigenvalue weighted by Gasteiger charge is 2.10. The molecule has 0 N–H and O–H groups in total. The van der Waals surface area contributed by atoms with E-state index >= 15 is 0 Å². The van der Waals surface area contributed by atoms with Crippen LogP contribution in [0.25, 0.3) is 0 Å². The molecule has 0 saturated heterocycles. The van der Waals surface area contributed by atoms with E-state index in [1.165, 1.54) is 12.2 Å². The zero-order chi connectivity index (χ0) is 13.5. The minimum atomic E-state index is -0.814. The van der Waals surface area contributed by atoms with Gasteiger partial charge in [0.1, 0.15) is 12.4 Å². The second-order valence-corrected chi connectivity index (χ2v) is 4.02. The molecule has 0 heterocycles. The molecular weight excluding hydrogens is 310 g/mol. The highest BCUT2D eigenvalue weighted by atomic mass is 79.9. The molecule has 0 fully saturated rings. The lowest BCUT2D eigenvalue weighted by Gasteiger charge is -2.07. The first kappa shape index (κ1) is 14.6. The Bertz CT molecular complexity index is 438. The number of esters is 1. The van der Waals surface area contributed by atoms with E-state index in [0.717, 1.165) is 12.1 Å². The Hall–Kier alpha value is -1.43. The monoisotopic (exact) mass is 320 g/mol. The van der Waals surface area contributed by atoms with Gasteiger partial charge in [-0.2, -0.15) is 0 Å². The normalized spacial score (nSPS) is 10.7. The van der Waals surface area contributed by atoms with Gasteiger partial charge in [0, 0.05) is 12.1 Å². The third-order valence-electron chi connectivity index (χ3n) is 1.83. The van der Waals surface area contributed by atoms with Gasteiger partial charge in [0.2, 0.25) is 0 Å². The molecule has 18 heavy (non-hydrogen) atoms. The summed E-state index contributed by atoms with van der Waals surface area (Å²) in [6.07, 6.45) is 2.56. The van der Waals surface area contributed by atoms with Crippen molar-refractivity contribution in [2.24, 2.45) is 0 Å². The lowest BCUT2D eigenvalue weighted by molar-refractivity contribution is -0.137. The van der Waals surface area contributed by atoms with Crippen molar-refractivity contribution in [3.05, 3.63) is 40.4 Å². The Morgan fingerprint density at radius 3 is 2.78 bits per heavy atom. The third-order valence-corrected chi connectivity index (χ3v) is 2.42. The molecule has 0 saturated carbocycles. The molecule has 1 aromatic carbocycles. The molecule has 0 aliphatic heterocycles. The van der Waals surface area contributed by atoms with E-state index < -0.39 is 17.6 Å². The molecule has 0 amide bonds. The third kappa shape index (κ3) is 4.44. The lowest BCUT2D eigenvalue weighted by atomic mass is 10.3. The summed E-state index contributed by atoms with van der Waals surface area (Å²) < 4.78 is 36.0. The molecule has 0 bridgehead atoms. The van der Waals surface area contributed by atoms with Crippen molar-refractivity contribution in [2.75, 3.05) is 13.2 Å². The summed E-state index contributed by atoms with van der Waals surface area (Å²) in [5, 5.41) is 0. The van der Waals surface area contributed by atoms with Crippen LogP contribution >= 0.6 is 15.9 Å². The summed E-state index contributed by atoms with van der Waals surface area (Å²) in [4.78, 5) is 10.9. The maximum Gasteiger partial charge on any atom is 0.330 e. The van der Waals surface area contributed by atoms with Gasteiger partial charge in [-0.15, -0.1) is 0 Å².